The van der Waals surface area contributed by atoms with Gasteiger partial charge in [0.1, 0.15) is 0 Å². The van der Waals surface area contributed by atoms with Gasteiger partial charge in [-0.25, -0.2) is 4.98 Å². The molecule has 0 bridgehead atoms. The van der Waals surface area contributed by atoms with Crippen molar-refractivity contribution in [3.05, 3.63) is 71.5 Å². The van der Waals surface area contributed by atoms with Gasteiger partial charge in [0.2, 0.25) is 5.91 Å². The first-order valence-electron chi connectivity index (χ1n) is 8.60. The quantitative estimate of drug-likeness (QED) is 0.653. The SMILES string of the molecule is Cc1ccc(C)c(-n2ccnc2SC(C)C(=O)Nc2ccccc2C)c1. The summed E-state index contributed by atoms with van der Waals surface area (Å²) in [6.07, 6.45) is 3.71. The summed E-state index contributed by atoms with van der Waals surface area (Å²) in [6.45, 7) is 8.05. The van der Waals surface area contributed by atoms with Gasteiger partial charge in [0.15, 0.2) is 5.16 Å². The van der Waals surface area contributed by atoms with E-state index in [-0.39, 0.29) is 11.2 Å². The molecule has 0 saturated carbocycles. The Morgan fingerprint density at radius 3 is 2.65 bits per heavy atom. The molecule has 0 aliphatic carbocycles. The number of benzene rings is 2. The third kappa shape index (κ3) is 3.99. The van der Waals surface area contributed by atoms with E-state index in [2.05, 4.69) is 42.3 Å². The Bertz CT molecular complexity index is 933. The van der Waals surface area contributed by atoms with Crippen LogP contribution in [0.2, 0.25) is 0 Å². The van der Waals surface area contributed by atoms with Crippen LogP contribution in [0.3, 0.4) is 0 Å². The van der Waals surface area contributed by atoms with Crippen molar-refractivity contribution in [2.45, 2.75) is 38.1 Å². The summed E-state index contributed by atoms with van der Waals surface area (Å²) in [7, 11) is 0. The van der Waals surface area contributed by atoms with Gasteiger partial charge in [-0.05, 0) is 56.5 Å². The third-order valence-electron chi connectivity index (χ3n) is 4.29. The minimum absolute atomic E-state index is 0.0279. The number of amides is 1. The van der Waals surface area contributed by atoms with Gasteiger partial charge in [0, 0.05) is 18.1 Å². The molecule has 0 aliphatic heterocycles. The van der Waals surface area contributed by atoms with Crippen molar-refractivity contribution in [2.75, 3.05) is 5.32 Å². The van der Waals surface area contributed by atoms with Crippen molar-refractivity contribution in [2.24, 2.45) is 0 Å². The van der Waals surface area contributed by atoms with Gasteiger partial charge in [-0.15, -0.1) is 0 Å². The molecule has 26 heavy (non-hydrogen) atoms. The monoisotopic (exact) mass is 365 g/mol. The number of hydrogen-bond donors (Lipinski definition) is 1. The smallest absolute Gasteiger partial charge is 0.237 e. The maximum Gasteiger partial charge on any atom is 0.237 e. The number of rotatable bonds is 5. The summed E-state index contributed by atoms with van der Waals surface area (Å²) in [6, 6.07) is 14.1. The van der Waals surface area contributed by atoms with Crippen LogP contribution in [0.4, 0.5) is 5.69 Å². The largest absolute Gasteiger partial charge is 0.325 e. The minimum Gasteiger partial charge on any atom is -0.325 e. The Hall–Kier alpha value is -2.53. The summed E-state index contributed by atoms with van der Waals surface area (Å²) < 4.78 is 2.05. The molecular formula is C21H23N3OS. The zero-order valence-corrected chi connectivity index (χ0v) is 16.3. The fourth-order valence-electron chi connectivity index (χ4n) is 2.70. The van der Waals surface area contributed by atoms with Crippen LogP contribution in [-0.2, 0) is 4.79 Å². The molecule has 1 amide bonds. The van der Waals surface area contributed by atoms with Gasteiger partial charge in [0.05, 0.1) is 10.9 Å². The molecule has 0 aliphatic rings. The number of anilines is 1. The minimum atomic E-state index is -0.263. The summed E-state index contributed by atoms with van der Waals surface area (Å²) >= 11 is 1.46. The molecule has 134 valence electrons. The first-order valence-corrected chi connectivity index (χ1v) is 9.48. The second kappa shape index (κ2) is 7.79. The van der Waals surface area contributed by atoms with Crippen LogP contribution < -0.4 is 5.32 Å². The van der Waals surface area contributed by atoms with Crippen molar-refractivity contribution < 1.29 is 4.79 Å². The lowest BCUT2D eigenvalue weighted by Gasteiger charge is -2.15. The van der Waals surface area contributed by atoms with Crippen LogP contribution in [-0.4, -0.2) is 20.7 Å². The van der Waals surface area contributed by atoms with Crippen molar-refractivity contribution in [3.63, 3.8) is 0 Å². The van der Waals surface area contributed by atoms with Gasteiger partial charge in [-0.1, -0.05) is 42.1 Å². The van der Waals surface area contributed by atoms with Crippen LogP contribution in [0.5, 0.6) is 0 Å². The van der Waals surface area contributed by atoms with Crippen LogP contribution in [0, 0.1) is 20.8 Å². The van der Waals surface area contributed by atoms with Gasteiger partial charge in [-0.3, -0.25) is 9.36 Å². The predicted molar refractivity (Wildman–Crippen MR) is 108 cm³/mol. The molecule has 1 aromatic heterocycles. The maximum absolute atomic E-state index is 12.6. The number of hydrogen-bond acceptors (Lipinski definition) is 3. The first-order chi connectivity index (χ1) is 12.5. The van der Waals surface area contributed by atoms with Crippen LogP contribution in [0.25, 0.3) is 5.69 Å². The standard InChI is InChI=1S/C21H23N3OS/c1-14-9-10-16(3)19(13-14)24-12-11-22-21(24)26-17(4)20(25)23-18-8-6-5-7-15(18)2/h5-13,17H,1-4H3,(H,23,25). The average molecular weight is 366 g/mol. The Morgan fingerprint density at radius 1 is 1.12 bits per heavy atom. The van der Waals surface area contributed by atoms with Crippen molar-refractivity contribution in [1.82, 2.24) is 9.55 Å². The topological polar surface area (TPSA) is 46.9 Å². The predicted octanol–water partition coefficient (Wildman–Crippen LogP) is 4.92. The maximum atomic E-state index is 12.6. The van der Waals surface area contributed by atoms with E-state index in [4.69, 9.17) is 0 Å². The normalized spacial score (nSPS) is 12.0. The molecule has 3 rings (SSSR count). The number of aryl methyl sites for hydroxylation is 3. The highest BCUT2D eigenvalue weighted by atomic mass is 32.2. The van der Waals surface area contributed by atoms with Crippen molar-refractivity contribution in [3.8, 4) is 5.69 Å². The fourth-order valence-corrected chi connectivity index (χ4v) is 3.58. The molecule has 1 N–H and O–H groups in total. The fraction of sp³-hybridized carbons (Fsp3) is 0.238. The molecule has 0 fully saturated rings. The molecule has 5 heteroatoms. The lowest BCUT2D eigenvalue weighted by Crippen LogP contribution is -2.23. The second-order valence-corrected chi connectivity index (χ2v) is 7.74. The van der Waals surface area contributed by atoms with E-state index in [1.807, 2.05) is 48.9 Å². The van der Waals surface area contributed by atoms with E-state index in [9.17, 15) is 4.79 Å². The molecule has 3 aromatic rings. The number of nitrogens with zero attached hydrogens (tertiary/aromatic N) is 2. The van der Waals surface area contributed by atoms with Crippen molar-refractivity contribution >= 4 is 23.4 Å². The molecule has 1 atom stereocenters. The summed E-state index contributed by atoms with van der Waals surface area (Å²) in [5, 5.41) is 3.55. The van der Waals surface area contributed by atoms with Crippen LogP contribution in [0.1, 0.15) is 23.6 Å². The Morgan fingerprint density at radius 2 is 1.88 bits per heavy atom. The van der Waals surface area contributed by atoms with E-state index < -0.39 is 0 Å². The number of para-hydroxylation sites is 1. The molecule has 1 unspecified atom stereocenters. The third-order valence-corrected chi connectivity index (χ3v) is 5.37. The molecule has 0 spiro atoms. The zero-order chi connectivity index (χ0) is 18.7. The van der Waals surface area contributed by atoms with Crippen molar-refractivity contribution in [1.29, 1.82) is 0 Å². The van der Waals surface area contributed by atoms with Crippen LogP contribution >= 0.6 is 11.8 Å². The Balaban J connectivity index is 1.77. The van der Waals surface area contributed by atoms with E-state index in [0.717, 1.165) is 22.1 Å². The summed E-state index contributed by atoms with van der Waals surface area (Å²) in [5.74, 6) is -0.0279. The van der Waals surface area contributed by atoms with E-state index in [1.165, 1.54) is 22.9 Å². The molecule has 4 nitrogen and oxygen atoms in total. The number of carbonyl (C=O) groups is 1. The number of thioether (sulfide) groups is 1. The number of imidazole rings is 1. The number of aromatic nitrogens is 2. The van der Waals surface area contributed by atoms with Crippen LogP contribution in [0.15, 0.2) is 60.0 Å². The lowest BCUT2D eigenvalue weighted by molar-refractivity contribution is -0.115. The first kappa shape index (κ1) is 18.3. The highest BCUT2D eigenvalue weighted by Crippen LogP contribution is 2.27. The average Bonchev–Trinajstić information content (AvgIpc) is 3.07. The van der Waals surface area contributed by atoms with Gasteiger partial charge in [-0.2, -0.15) is 0 Å². The van der Waals surface area contributed by atoms with E-state index >= 15 is 0 Å². The van der Waals surface area contributed by atoms with Gasteiger partial charge in [0.25, 0.3) is 0 Å². The highest BCUT2D eigenvalue weighted by molar-refractivity contribution is 8.00. The zero-order valence-electron chi connectivity index (χ0n) is 15.5. The second-order valence-electron chi connectivity index (χ2n) is 6.43. The van der Waals surface area contributed by atoms with E-state index in [0.29, 0.717) is 0 Å². The lowest BCUT2D eigenvalue weighted by atomic mass is 10.1. The number of nitrogens with one attached hydrogen (secondary N) is 1. The molecule has 0 radical (unpaired) electrons. The van der Waals surface area contributed by atoms with E-state index in [1.54, 1.807) is 6.20 Å². The van der Waals surface area contributed by atoms with Gasteiger partial charge >= 0.3 is 0 Å². The number of carbonyl (C=O) groups excluding carboxylic acids is 1. The summed E-state index contributed by atoms with van der Waals surface area (Å²) in [4.78, 5) is 17.0. The highest BCUT2D eigenvalue weighted by Gasteiger charge is 2.19. The molecular weight excluding hydrogens is 342 g/mol. The molecule has 2 aromatic carbocycles. The Labute approximate surface area is 158 Å². The van der Waals surface area contributed by atoms with Gasteiger partial charge < -0.3 is 5.32 Å². The Kier molecular flexibility index (Phi) is 5.47. The summed E-state index contributed by atoms with van der Waals surface area (Å²) in [5.41, 5.74) is 5.36. The molecule has 0 saturated heterocycles. The molecule has 1 heterocycles.